The van der Waals surface area contributed by atoms with Gasteiger partial charge in [-0.15, -0.1) is 0 Å². The van der Waals surface area contributed by atoms with E-state index in [-0.39, 0.29) is 41.8 Å². The van der Waals surface area contributed by atoms with E-state index in [2.05, 4.69) is 80.5 Å². The molecule has 3 aliphatic heterocycles. The molecule has 0 unspecified atom stereocenters. The van der Waals surface area contributed by atoms with Gasteiger partial charge in [0.25, 0.3) is 0 Å². The Labute approximate surface area is 370 Å². The van der Waals surface area contributed by atoms with Gasteiger partial charge in [0.05, 0.1) is 43.2 Å². The summed E-state index contributed by atoms with van der Waals surface area (Å²) < 4.78 is 20.7. The van der Waals surface area contributed by atoms with Crippen molar-refractivity contribution in [2.24, 2.45) is 23.7 Å². The Morgan fingerprint density at radius 2 is 1.42 bits per heavy atom. The Bertz CT molecular complexity index is 2540. The second kappa shape index (κ2) is 17.9. The standard InChI is InChI=1S/C48H56N8O8/c1-61-47(59)54-42(26-11-15-63-16-12-26)45(57)53-36-22-33(36)8-10-41-50-35-9-7-31(21-37(35)51-41)29-3-4-30-20-32(6-5-28(30)19-29)38-25-49-44(52-38)40-24-34-23-39(34)56(40)46(58)43(55-48(60)62-2)27-13-17-64-18-14-27/h3-7,9,19-21,25-27,33-34,36,39-40,42-43H,8,10-18,22-24H2,1-2H3,(H,49,52)(H,50,51)(H,53,57)(H,54,59)(H,55,60)/t33-,34+,36+,39+,40-,42-,43-/m0/s1. The second-order valence-electron chi connectivity index (χ2n) is 18.2. The minimum Gasteiger partial charge on any atom is -0.453 e. The normalized spacial score (nSPS) is 24.2. The molecule has 3 saturated heterocycles. The predicted octanol–water partition coefficient (Wildman–Crippen LogP) is 6.17. The molecule has 64 heavy (non-hydrogen) atoms. The minimum absolute atomic E-state index is 0.0123. The number of benzene rings is 3. The Morgan fingerprint density at radius 1 is 0.781 bits per heavy atom. The number of amides is 4. The van der Waals surface area contributed by atoms with Crippen LogP contribution in [0.15, 0.2) is 60.8 Å². The van der Waals surface area contributed by atoms with Crippen LogP contribution in [0.25, 0.3) is 44.2 Å². The Balaban J connectivity index is 0.774. The first kappa shape index (κ1) is 42.0. The van der Waals surface area contributed by atoms with Crippen molar-refractivity contribution in [1.82, 2.24) is 40.8 Å². The molecule has 0 radical (unpaired) electrons. The van der Waals surface area contributed by atoms with Gasteiger partial charge in [-0.2, -0.15) is 0 Å². The van der Waals surface area contributed by atoms with Crippen molar-refractivity contribution in [3.63, 3.8) is 0 Å². The number of likely N-dealkylation sites (tertiary alicyclic amines) is 1. The number of carbonyl (C=O) groups is 4. The van der Waals surface area contributed by atoms with Gasteiger partial charge in [0.1, 0.15) is 23.7 Å². The zero-order valence-corrected chi connectivity index (χ0v) is 36.3. The van der Waals surface area contributed by atoms with Crippen LogP contribution >= 0.6 is 0 Å². The van der Waals surface area contributed by atoms with E-state index < -0.39 is 24.3 Å². The number of rotatable bonds is 13. The van der Waals surface area contributed by atoms with Crippen LogP contribution in [0.4, 0.5) is 9.59 Å². The summed E-state index contributed by atoms with van der Waals surface area (Å²) >= 11 is 0. The number of carbonyl (C=O) groups excluding carboxylic acids is 4. The lowest BCUT2D eigenvalue weighted by Gasteiger charge is -2.35. The summed E-state index contributed by atoms with van der Waals surface area (Å²) in [5.41, 5.74) is 5.98. The first-order chi connectivity index (χ1) is 31.2. The molecule has 336 valence electrons. The summed E-state index contributed by atoms with van der Waals surface area (Å²) in [6, 6.07) is 17.9. The largest absolute Gasteiger partial charge is 0.453 e. The van der Waals surface area contributed by atoms with Gasteiger partial charge in [-0.3, -0.25) is 9.59 Å². The molecule has 7 atom stereocenters. The van der Waals surface area contributed by atoms with Crippen molar-refractivity contribution in [2.45, 2.75) is 88.0 Å². The molecule has 10 rings (SSSR count). The molecule has 2 saturated carbocycles. The summed E-state index contributed by atoms with van der Waals surface area (Å²) in [6.45, 7) is 2.29. The maximum atomic E-state index is 14.2. The number of methoxy groups -OCH3 is 2. The summed E-state index contributed by atoms with van der Waals surface area (Å²) in [7, 11) is 2.63. The monoisotopic (exact) mass is 872 g/mol. The van der Waals surface area contributed by atoms with Crippen LogP contribution in [0.5, 0.6) is 0 Å². The van der Waals surface area contributed by atoms with Crippen LogP contribution in [-0.2, 0) is 35.0 Å². The fraction of sp³-hybridized carbons (Fsp3) is 0.500. The van der Waals surface area contributed by atoms with Crippen molar-refractivity contribution in [2.75, 3.05) is 40.6 Å². The Hall–Kier alpha value is -6.00. The number of imidazole rings is 2. The lowest BCUT2D eigenvalue weighted by molar-refractivity contribution is -0.138. The number of aryl methyl sites for hydroxylation is 1. The fourth-order valence-electron chi connectivity index (χ4n) is 10.4. The van der Waals surface area contributed by atoms with Crippen molar-refractivity contribution < 1.29 is 38.1 Å². The second-order valence-corrected chi connectivity index (χ2v) is 18.2. The number of H-pyrrole nitrogens is 2. The maximum absolute atomic E-state index is 14.2. The van der Waals surface area contributed by atoms with Gasteiger partial charge in [0.15, 0.2) is 0 Å². The van der Waals surface area contributed by atoms with Gasteiger partial charge in [-0.1, -0.05) is 30.3 Å². The first-order valence-electron chi connectivity index (χ1n) is 22.8. The first-order valence-corrected chi connectivity index (χ1v) is 22.8. The van der Waals surface area contributed by atoms with Crippen molar-refractivity contribution >= 4 is 45.8 Å². The van der Waals surface area contributed by atoms with E-state index >= 15 is 0 Å². The van der Waals surface area contributed by atoms with Gasteiger partial charge in [0, 0.05) is 50.5 Å². The molecule has 16 heteroatoms. The van der Waals surface area contributed by atoms with Gasteiger partial charge in [-0.05, 0) is 121 Å². The molecule has 5 N–H and O–H groups in total. The quantitative estimate of drug-likeness (QED) is 0.0911. The molecule has 2 aliphatic carbocycles. The van der Waals surface area contributed by atoms with Crippen molar-refractivity contribution in [3.8, 4) is 22.4 Å². The van der Waals surface area contributed by atoms with Crippen LogP contribution < -0.4 is 16.0 Å². The van der Waals surface area contributed by atoms with Crippen molar-refractivity contribution in [1.29, 1.82) is 0 Å². The number of hydrogen-bond donors (Lipinski definition) is 5. The van der Waals surface area contributed by atoms with E-state index in [1.807, 2.05) is 11.1 Å². The molecule has 3 aromatic carbocycles. The summed E-state index contributed by atoms with van der Waals surface area (Å²) in [6.07, 6.45) is 7.87. The molecule has 2 aromatic heterocycles. The molecular weight excluding hydrogens is 817 g/mol. The summed E-state index contributed by atoms with van der Waals surface area (Å²) in [5.74, 6) is 2.24. The smallest absolute Gasteiger partial charge is 0.407 e. The molecule has 5 aromatic rings. The van der Waals surface area contributed by atoms with Gasteiger partial charge >= 0.3 is 12.2 Å². The SMILES string of the molecule is COC(=O)N[C@H](C(=O)N[C@@H]1C[C@@H]1CCc1nc2ccc(-c3ccc4cc(-c5cnc([C@@H]6C[C@H]7C[C@H]7N6C(=O)[C@@H](NC(=O)OC)C6CCOCC6)[nH]5)ccc4c3)cc2[nH]1)C1CCOCC1. The highest BCUT2D eigenvalue weighted by Crippen LogP contribution is 2.53. The van der Waals surface area contributed by atoms with Gasteiger partial charge in [0.2, 0.25) is 11.8 Å². The van der Waals surface area contributed by atoms with Crippen LogP contribution in [-0.4, -0.2) is 114 Å². The zero-order chi connectivity index (χ0) is 43.9. The number of ether oxygens (including phenoxy) is 4. The van der Waals surface area contributed by atoms with Gasteiger partial charge < -0.3 is 49.8 Å². The van der Waals surface area contributed by atoms with Crippen LogP contribution in [0.3, 0.4) is 0 Å². The molecule has 16 nitrogen and oxygen atoms in total. The molecule has 5 aliphatic rings. The molecule has 0 spiro atoms. The van der Waals surface area contributed by atoms with E-state index in [1.165, 1.54) is 14.2 Å². The number of aromatic nitrogens is 4. The highest BCUT2D eigenvalue weighted by atomic mass is 16.5. The average Bonchev–Trinajstić information content (AvgIpc) is 4.06. The lowest BCUT2D eigenvalue weighted by atomic mass is 9.90. The molecule has 5 fully saturated rings. The van der Waals surface area contributed by atoms with Crippen molar-refractivity contribution in [3.05, 3.63) is 72.4 Å². The van der Waals surface area contributed by atoms with Crippen LogP contribution in [0, 0.1) is 23.7 Å². The number of nitrogens with zero attached hydrogens (tertiary/aromatic N) is 3. The van der Waals surface area contributed by atoms with E-state index in [0.717, 1.165) is 87.9 Å². The highest BCUT2D eigenvalue weighted by Gasteiger charge is 2.56. The van der Waals surface area contributed by atoms with Crippen LogP contribution in [0.1, 0.15) is 69.1 Å². The Kier molecular flexibility index (Phi) is 11.7. The third kappa shape index (κ3) is 8.77. The number of alkyl carbamates (subject to hydrolysis) is 2. The fourth-order valence-corrected chi connectivity index (χ4v) is 10.4. The minimum atomic E-state index is -0.673. The number of piperidine rings is 1. The van der Waals surface area contributed by atoms with E-state index in [4.69, 9.17) is 28.9 Å². The van der Waals surface area contributed by atoms with Gasteiger partial charge in [-0.25, -0.2) is 19.6 Å². The highest BCUT2D eigenvalue weighted by molar-refractivity contribution is 5.92. The third-order valence-corrected chi connectivity index (χ3v) is 14.2. The summed E-state index contributed by atoms with van der Waals surface area (Å²) in [4.78, 5) is 70.7. The zero-order valence-electron chi connectivity index (χ0n) is 36.3. The number of aromatic amines is 2. The van der Waals surface area contributed by atoms with E-state index in [0.29, 0.717) is 63.9 Å². The number of hydrogen-bond acceptors (Lipinski definition) is 10. The Morgan fingerprint density at radius 3 is 2.14 bits per heavy atom. The molecule has 5 heterocycles. The number of fused-ring (bicyclic) bond motifs is 3. The average molecular weight is 873 g/mol. The topological polar surface area (TPSA) is 202 Å². The molecule has 4 amide bonds. The lowest BCUT2D eigenvalue weighted by Crippen LogP contribution is -2.54. The van der Waals surface area contributed by atoms with Crippen LogP contribution in [0.2, 0.25) is 0 Å². The molecular formula is C48H56N8O8. The van der Waals surface area contributed by atoms with E-state index in [1.54, 1.807) is 0 Å². The van der Waals surface area contributed by atoms with E-state index in [9.17, 15) is 19.2 Å². The number of nitrogens with one attached hydrogen (secondary N) is 5. The third-order valence-electron chi connectivity index (χ3n) is 14.2. The summed E-state index contributed by atoms with van der Waals surface area (Å²) in [5, 5.41) is 11.0. The predicted molar refractivity (Wildman–Crippen MR) is 237 cm³/mol. The molecule has 0 bridgehead atoms. The maximum Gasteiger partial charge on any atom is 0.407 e.